The summed E-state index contributed by atoms with van der Waals surface area (Å²) in [5, 5.41) is 9.30. The van der Waals surface area contributed by atoms with Gasteiger partial charge in [-0.2, -0.15) is 0 Å². The van der Waals surface area contributed by atoms with Crippen LogP contribution in [0.2, 0.25) is 0 Å². The number of hydrogen-bond acceptors (Lipinski definition) is 2. The first-order valence-electron chi connectivity index (χ1n) is 9.07. The number of carbonyl (C=O) groups excluding carboxylic acids is 1. The number of nitrogens with one attached hydrogen (secondary N) is 3. The lowest BCUT2D eigenvalue weighted by molar-refractivity contribution is 0.0950. The summed E-state index contributed by atoms with van der Waals surface area (Å²) in [5.74, 6) is -0.175. The maximum Gasteiger partial charge on any atom is 0.254 e. The largest absolute Gasteiger partial charge is 0.356 e. The number of amides is 1. The molecule has 0 unspecified atom stereocenters. The minimum atomic E-state index is -0.508. The Kier molecular flexibility index (Phi) is 9.90. The molecule has 7 heteroatoms. The highest BCUT2D eigenvalue weighted by atomic mass is 127. The maximum atomic E-state index is 13.5. The lowest BCUT2D eigenvalue weighted by atomic mass is 9.83. The zero-order chi connectivity index (χ0) is 18.1. The molecule has 26 heavy (non-hydrogen) atoms. The zero-order valence-corrected chi connectivity index (χ0v) is 17.9. The van der Waals surface area contributed by atoms with Crippen LogP contribution in [0.1, 0.15) is 49.4 Å². The highest BCUT2D eigenvalue weighted by molar-refractivity contribution is 14.0. The van der Waals surface area contributed by atoms with E-state index in [-0.39, 0.29) is 29.5 Å². The van der Waals surface area contributed by atoms with E-state index >= 15 is 0 Å². The molecule has 1 saturated carbocycles. The number of rotatable bonds is 7. The molecule has 1 amide bonds. The number of guanidine groups is 1. The topological polar surface area (TPSA) is 65.5 Å². The number of halogens is 2. The zero-order valence-electron chi connectivity index (χ0n) is 15.6. The first-order chi connectivity index (χ1) is 12.1. The van der Waals surface area contributed by atoms with E-state index in [1.165, 1.54) is 44.2 Å². The third-order valence-corrected chi connectivity index (χ3v) is 5.09. The first-order valence-corrected chi connectivity index (χ1v) is 9.07. The second-order valence-corrected chi connectivity index (χ2v) is 6.65. The standard InChI is InChI=1S/C19H29FN4O.HI/c1-3-19(10-6-7-11-19)14-24-18(21-2)23-13-12-22-17(25)15-8-4-5-9-16(15)20;/h4-5,8-9H,3,6-7,10-14H2,1-2H3,(H,22,25)(H2,21,23,24);1H. The van der Waals surface area contributed by atoms with Gasteiger partial charge in [-0.1, -0.05) is 31.9 Å². The van der Waals surface area contributed by atoms with Gasteiger partial charge in [0.2, 0.25) is 0 Å². The molecule has 0 aliphatic heterocycles. The molecular formula is C19H30FIN4O. The molecule has 0 radical (unpaired) electrons. The molecule has 3 N–H and O–H groups in total. The summed E-state index contributed by atoms with van der Waals surface area (Å²) in [6.45, 7) is 4.10. The lowest BCUT2D eigenvalue weighted by Crippen LogP contribution is -2.45. The number of carbonyl (C=O) groups is 1. The van der Waals surface area contributed by atoms with Gasteiger partial charge >= 0.3 is 0 Å². The molecule has 146 valence electrons. The van der Waals surface area contributed by atoms with Crippen molar-refractivity contribution in [3.63, 3.8) is 0 Å². The Morgan fingerprint density at radius 3 is 2.42 bits per heavy atom. The molecule has 0 saturated heterocycles. The quantitative estimate of drug-likeness (QED) is 0.245. The summed E-state index contributed by atoms with van der Waals surface area (Å²) in [7, 11) is 1.74. The van der Waals surface area contributed by atoms with Crippen molar-refractivity contribution >= 4 is 35.8 Å². The molecular weight excluding hydrogens is 446 g/mol. The normalized spacial score (nSPS) is 15.9. The predicted octanol–water partition coefficient (Wildman–Crippen LogP) is 3.31. The smallest absolute Gasteiger partial charge is 0.254 e. The molecule has 0 heterocycles. The van der Waals surface area contributed by atoms with Crippen LogP contribution in [0.25, 0.3) is 0 Å². The van der Waals surface area contributed by atoms with Gasteiger partial charge in [0.05, 0.1) is 5.56 Å². The maximum absolute atomic E-state index is 13.5. The first kappa shape index (κ1) is 22.7. The van der Waals surface area contributed by atoms with Crippen molar-refractivity contribution in [2.75, 3.05) is 26.7 Å². The van der Waals surface area contributed by atoms with Gasteiger partial charge in [-0.25, -0.2) is 4.39 Å². The van der Waals surface area contributed by atoms with Gasteiger partial charge in [-0.3, -0.25) is 9.79 Å². The Labute approximate surface area is 172 Å². The van der Waals surface area contributed by atoms with Crippen molar-refractivity contribution in [2.45, 2.75) is 39.0 Å². The van der Waals surface area contributed by atoms with Crippen LogP contribution >= 0.6 is 24.0 Å². The van der Waals surface area contributed by atoms with Crippen LogP contribution in [0.15, 0.2) is 29.3 Å². The second kappa shape index (κ2) is 11.4. The Hall–Kier alpha value is -1.38. The Morgan fingerprint density at radius 1 is 1.15 bits per heavy atom. The van der Waals surface area contributed by atoms with Crippen molar-refractivity contribution in [1.82, 2.24) is 16.0 Å². The predicted molar refractivity (Wildman–Crippen MR) is 115 cm³/mol. The lowest BCUT2D eigenvalue weighted by Gasteiger charge is -2.28. The molecule has 0 aromatic heterocycles. The third kappa shape index (κ3) is 6.41. The van der Waals surface area contributed by atoms with Crippen molar-refractivity contribution in [3.8, 4) is 0 Å². The van der Waals surface area contributed by atoms with Gasteiger partial charge in [0.15, 0.2) is 5.96 Å². The summed E-state index contributed by atoms with van der Waals surface area (Å²) in [6, 6.07) is 5.97. The Morgan fingerprint density at radius 2 is 1.81 bits per heavy atom. The molecule has 1 aromatic carbocycles. The van der Waals surface area contributed by atoms with E-state index in [1.807, 2.05) is 0 Å². The molecule has 1 aliphatic rings. The highest BCUT2D eigenvalue weighted by Crippen LogP contribution is 2.40. The summed E-state index contributed by atoms with van der Waals surface area (Å²) < 4.78 is 13.5. The van der Waals surface area contributed by atoms with E-state index in [1.54, 1.807) is 19.2 Å². The van der Waals surface area contributed by atoms with Crippen LogP contribution in [-0.4, -0.2) is 38.5 Å². The summed E-state index contributed by atoms with van der Waals surface area (Å²) in [6.07, 6.45) is 6.33. The van der Waals surface area contributed by atoms with Gasteiger partial charge in [0.1, 0.15) is 5.82 Å². The van der Waals surface area contributed by atoms with Gasteiger partial charge in [0.25, 0.3) is 5.91 Å². The van der Waals surface area contributed by atoms with Crippen LogP contribution in [0, 0.1) is 11.2 Å². The molecule has 0 atom stereocenters. The fraction of sp³-hybridized carbons (Fsp3) is 0.579. The van der Waals surface area contributed by atoms with Gasteiger partial charge in [-0.15, -0.1) is 24.0 Å². The second-order valence-electron chi connectivity index (χ2n) is 6.65. The average Bonchev–Trinajstić information content (AvgIpc) is 3.11. The molecule has 1 fully saturated rings. The SMILES string of the molecule is CCC1(CNC(=NC)NCCNC(=O)c2ccccc2F)CCCC1.I. The summed E-state index contributed by atoms with van der Waals surface area (Å²) in [5.41, 5.74) is 0.451. The molecule has 2 rings (SSSR count). The van der Waals surface area contributed by atoms with Gasteiger partial charge in [0, 0.05) is 26.7 Å². The van der Waals surface area contributed by atoms with E-state index in [4.69, 9.17) is 0 Å². The number of benzene rings is 1. The Bertz CT molecular complexity index is 603. The molecule has 0 bridgehead atoms. The van der Waals surface area contributed by atoms with E-state index < -0.39 is 11.7 Å². The molecule has 5 nitrogen and oxygen atoms in total. The third-order valence-electron chi connectivity index (χ3n) is 5.09. The minimum absolute atomic E-state index is 0. The molecule has 1 aromatic rings. The number of aliphatic imine (C=N–C) groups is 1. The summed E-state index contributed by atoms with van der Waals surface area (Å²) >= 11 is 0. The fourth-order valence-electron chi connectivity index (χ4n) is 3.37. The molecule has 1 aliphatic carbocycles. The van der Waals surface area contributed by atoms with E-state index in [9.17, 15) is 9.18 Å². The number of nitrogens with zero attached hydrogens (tertiary/aromatic N) is 1. The Balaban J connectivity index is 0.00000338. The van der Waals surface area contributed by atoms with Crippen molar-refractivity contribution in [3.05, 3.63) is 35.6 Å². The number of hydrogen-bond donors (Lipinski definition) is 3. The fourth-order valence-corrected chi connectivity index (χ4v) is 3.37. The monoisotopic (exact) mass is 476 g/mol. The van der Waals surface area contributed by atoms with Gasteiger partial charge in [-0.05, 0) is 36.8 Å². The van der Waals surface area contributed by atoms with Crippen LogP contribution in [0.3, 0.4) is 0 Å². The van der Waals surface area contributed by atoms with Crippen LogP contribution in [0.5, 0.6) is 0 Å². The van der Waals surface area contributed by atoms with E-state index in [2.05, 4.69) is 27.9 Å². The minimum Gasteiger partial charge on any atom is -0.356 e. The van der Waals surface area contributed by atoms with Crippen LogP contribution in [0.4, 0.5) is 4.39 Å². The van der Waals surface area contributed by atoms with Crippen LogP contribution in [-0.2, 0) is 0 Å². The average molecular weight is 476 g/mol. The van der Waals surface area contributed by atoms with Crippen molar-refractivity contribution in [1.29, 1.82) is 0 Å². The van der Waals surface area contributed by atoms with Crippen molar-refractivity contribution in [2.24, 2.45) is 10.4 Å². The van der Waals surface area contributed by atoms with Crippen molar-refractivity contribution < 1.29 is 9.18 Å². The van der Waals surface area contributed by atoms with Gasteiger partial charge < -0.3 is 16.0 Å². The summed E-state index contributed by atoms with van der Waals surface area (Å²) in [4.78, 5) is 16.2. The highest BCUT2D eigenvalue weighted by Gasteiger charge is 2.31. The van der Waals surface area contributed by atoms with Crippen LogP contribution < -0.4 is 16.0 Å². The van der Waals surface area contributed by atoms with E-state index in [0.29, 0.717) is 18.5 Å². The molecule has 0 spiro atoms. The van der Waals surface area contributed by atoms with E-state index in [0.717, 1.165) is 12.5 Å².